The van der Waals surface area contributed by atoms with Crippen LogP contribution in [0.4, 0.5) is 4.39 Å². The van der Waals surface area contributed by atoms with Gasteiger partial charge in [-0.15, -0.1) is 10.2 Å². The lowest BCUT2D eigenvalue weighted by Crippen LogP contribution is -2.37. The number of benzene rings is 1. The van der Waals surface area contributed by atoms with Crippen LogP contribution in [0.15, 0.2) is 24.3 Å². The Hall–Kier alpha value is -2.77. The highest BCUT2D eigenvalue weighted by molar-refractivity contribution is 5.94. The van der Waals surface area contributed by atoms with Gasteiger partial charge in [-0.2, -0.15) is 0 Å². The van der Waals surface area contributed by atoms with Crippen molar-refractivity contribution < 1.29 is 14.0 Å². The van der Waals surface area contributed by atoms with Gasteiger partial charge in [0.2, 0.25) is 5.82 Å². The first-order chi connectivity index (χ1) is 15.5. The first-order valence-corrected chi connectivity index (χ1v) is 11.8. The summed E-state index contributed by atoms with van der Waals surface area (Å²) < 4.78 is 15.5. The number of nitrogens with one attached hydrogen (secondary N) is 1. The molecule has 2 aromatic rings. The summed E-state index contributed by atoms with van der Waals surface area (Å²) in [6.07, 6.45) is 9.06. The van der Waals surface area contributed by atoms with Crippen molar-refractivity contribution in [2.24, 2.45) is 5.41 Å². The average Bonchev–Trinajstić information content (AvgIpc) is 3.36. The zero-order valence-electron chi connectivity index (χ0n) is 18.4. The zero-order valence-corrected chi connectivity index (χ0v) is 18.4. The molecule has 1 aliphatic carbocycles. The third-order valence-corrected chi connectivity index (χ3v) is 7.51. The molecule has 0 bridgehead atoms. The molecule has 1 saturated carbocycles. The monoisotopic (exact) mass is 439 g/mol. The lowest BCUT2D eigenvalue weighted by molar-refractivity contribution is 0.0766. The number of hydrogen-bond donors (Lipinski definition) is 1. The van der Waals surface area contributed by atoms with E-state index >= 15 is 0 Å². The Morgan fingerprint density at radius 1 is 1.06 bits per heavy atom. The normalized spacial score (nSPS) is 23.7. The number of carbonyl (C=O) groups is 2. The molecule has 1 spiro atoms. The van der Waals surface area contributed by atoms with E-state index in [4.69, 9.17) is 0 Å². The molecule has 32 heavy (non-hydrogen) atoms. The average molecular weight is 440 g/mol. The van der Waals surface area contributed by atoms with Gasteiger partial charge in [0.25, 0.3) is 11.8 Å². The second kappa shape index (κ2) is 8.64. The molecule has 0 radical (unpaired) electrons. The summed E-state index contributed by atoms with van der Waals surface area (Å²) in [5, 5.41) is 11.7. The van der Waals surface area contributed by atoms with E-state index in [0.717, 1.165) is 57.2 Å². The molecule has 1 unspecified atom stereocenters. The maximum atomic E-state index is 13.6. The minimum atomic E-state index is -0.392. The molecule has 5 rings (SSSR count). The molecule has 170 valence electrons. The summed E-state index contributed by atoms with van der Waals surface area (Å²) in [5.41, 5.74) is 0.398. The van der Waals surface area contributed by atoms with E-state index in [1.165, 1.54) is 18.6 Å². The molecular weight excluding hydrogens is 409 g/mol. The molecule has 7 nitrogen and oxygen atoms in total. The van der Waals surface area contributed by atoms with Crippen molar-refractivity contribution in [1.82, 2.24) is 25.0 Å². The molecule has 8 heteroatoms. The van der Waals surface area contributed by atoms with Gasteiger partial charge in [0.1, 0.15) is 11.6 Å². The largest absolute Gasteiger partial charge is 0.347 e. The third kappa shape index (κ3) is 4.14. The lowest BCUT2D eigenvalue weighted by atomic mass is 9.80. The molecule has 3 aliphatic rings. The van der Waals surface area contributed by atoms with Gasteiger partial charge in [0, 0.05) is 37.7 Å². The molecule has 2 fully saturated rings. The van der Waals surface area contributed by atoms with Crippen LogP contribution in [-0.4, -0.2) is 50.6 Å². The number of carbonyl (C=O) groups excluding carboxylic acids is 2. The van der Waals surface area contributed by atoms with Gasteiger partial charge in [-0.25, -0.2) is 4.39 Å². The van der Waals surface area contributed by atoms with Crippen LogP contribution in [0.2, 0.25) is 0 Å². The molecule has 1 saturated heterocycles. The highest BCUT2D eigenvalue weighted by Crippen LogP contribution is 2.41. The van der Waals surface area contributed by atoms with Crippen molar-refractivity contribution >= 4 is 11.8 Å². The maximum absolute atomic E-state index is 13.6. The Balaban J connectivity index is 1.25. The van der Waals surface area contributed by atoms with Crippen LogP contribution in [0.1, 0.15) is 78.2 Å². The maximum Gasteiger partial charge on any atom is 0.289 e. The Morgan fingerprint density at radius 3 is 2.69 bits per heavy atom. The summed E-state index contributed by atoms with van der Waals surface area (Å²) in [4.78, 5) is 27.6. The molecule has 1 N–H and O–H groups in total. The van der Waals surface area contributed by atoms with E-state index in [0.29, 0.717) is 31.0 Å². The standard InChI is InChI=1S/C24H30FN5O2/c25-18-6-4-5-17(15-18)23(32)29-13-11-24(16-29)10-9-20-27-28-21(30(20)14-12-24)22(31)26-19-7-2-1-3-8-19/h4-6,15,19H,1-3,7-14,16H2,(H,26,31). The highest BCUT2D eigenvalue weighted by Gasteiger charge is 2.41. The first-order valence-electron chi connectivity index (χ1n) is 11.8. The number of fused-ring (bicyclic) bond motifs is 1. The highest BCUT2D eigenvalue weighted by atomic mass is 19.1. The number of hydrogen-bond acceptors (Lipinski definition) is 4. The van der Waals surface area contributed by atoms with Crippen molar-refractivity contribution in [1.29, 1.82) is 0 Å². The Kier molecular flexibility index (Phi) is 5.69. The summed E-state index contributed by atoms with van der Waals surface area (Å²) in [5.74, 6) is 0.633. The SMILES string of the molecule is O=C(NC1CCCCC1)c1nnc2n1CCC1(CC2)CCN(C(=O)c2cccc(F)c2)C1. The van der Waals surface area contributed by atoms with Gasteiger partial charge in [0.05, 0.1) is 0 Å². The van der Waals surface area contributed by atoms with E-state index in [9.17, 15) is 14.0 Å². The smallest absolute Gasteiger partial charge is 0.289 e. The Morgan fingerprint density at radius 2 is 1.88 bits per heavy atom. The fraction of sp³-hybridized carbons (Fsp3) is 0.583. The van der Waals surface area contributed by atoms with Gasteiger partial charge >= 0.3 is 0 Å². The van der Waals surface area contributed by atoms with E-state index in [1.54, 1.807) is 12.1 Å². The van der Waals surface area contributed by atoms with Crippen LogP contribution in [0.5, 0.6) is 0 Å². The van der Waals surface area contributed by atoms with Crippen molar-refractivity contribution in [2.75, 3.05) is 13.1 Å². The minimum absolute atomic E-state index is 0.000795. The van der Waals surface area contributed by atoms with Gasteiger partial charge in [-0.05, 0) is 55.7 Å². The van der Waals surface area contributed by atoms with Crippen molar-refractivity contribution in [3.8, 4) is 0 Å². The zero-order chi connectivity index (χ0) is 22.1. The Labute approximate surface area is 187 Å². The number of rotatable bonds is 3. The van der Waals surface area contributed by atoms with Crippen LogP contribution in [-0.2, 0) is 13.0 Å². The Bertz CT molecular complexity index is 1020. The summed E-state index contributed by atoms with van der Waals surface area (Å²) in [7, 11) is 0. The van der Waals surface area contributed by atoms with E-state index in [1.807, 2.05) is 9.47 Å². The number of amides is 2. The van der Waals surface area contributed by atoms with Crippen LogP contribution in [0.25, 0.3) is 0 Å². The van der Waals surface area contributed by atoms with Gasteiger partial charge < -0.3 is 14.8 Å². The lowest BCUT2D eigenvalue weighted by Gasteiger charge is -2.27. The number of aromatic nitrogens is 3. The predicted octanol–water partition coefficient (Wildman–Crippen LogP) is 3.35. The second-order valence-electron chi connectivity index (χ2n) is 9.64. The molecule has 2 amide bonds. The van der Waals surface area contributed by atoms with E-state index in [2.05, 4.69) is 15.5 Å². The molecule has 3 heterocycles. The molecule has 2 aliphatic heterocycles. The number of nitrogens with zero attached hydrogens (tertiary/aromatic N) is 4. The molecule has 1 aromatic heterocycles. The molecule has 1 atom stereocenters. The third-order valence-electron chi connectivity index (χ3n) is 7.51. The van der Waals surface area contributed by atoms with Crippen LogP contribution < -0.4 is 5.32 Å². The van der Waals surface area contributed by atoms with Crippen molar-refractivity contribution in [2.45, 2.75) is 70.4 Å². The first kappa shape index (κ1) is 21.1. The fourth-order valence-corrected chi connectivity index (χ4v) is 5.59. The molecule has 1 aromatic carbocycles. The number of likely N-dealkylation sites (tertiary alicyclic amines) is 1. The van der Waals surface area contributed by atoms with Crippen LogP contribution in [0.3, 0.4) is 0 Å². The van der Waals surface area contributed by atoms with Crippen LogP contribution in [0, 0.1) is 11.2 Å². The summed E-state index contributed by atoms with van der Waals surface area (Å²) >= 11 is 0. The van der Waals surface area contributed by atoms with Crippen molar-refractivity contribution in [3.05, 3.63) is 47.3 Å². The quantitative estimate of drug-likeness (QED) is 0.795. The summed E-state index contributed by atoms with van der Waals surface area (Å²) in [6.45, 7) is 2.01. The number of aryl methyl sites for hydroxylation is 1. The summed E-state index contributed by atoms with van der Waals surface area (Å²) in [6, 6.07) is 6.14. The van der Waals surface area contributed by atoms with Gasteiger partial charge in [0.15, 0.2) is 0 Å². The topological polar surface area (TPSA) is 80.1 Å². The van der Waals surface area contributed by atoms with Crippen LogP contribution >= 0.6 is 0 Å². The second-order valence-corrected chi connectivity index (χ2v) is 9.64. The van der Waals surface area contributed by atoms with E-state index in [-0.39, 0.29) is 23.3 Å². The van der Waals surface area contributed by atoms with Crippen molar-refractivity contribution in [3.63, 3.8) is 0 Å². The van der Waals surface area contributed by atoms with Gasteiger partial charge in [-0.3, -0.25) is 9.59 Å². The number of halogens is 1. The van der Waals surface area contributed by atoms with Gasteiger partial charge in [-0.1, -0.05) is 25.3 Å². The predicted molar refractivity (Wildman–Crippen MR) is 117 cm³/mol. The minimum Gasteiger partial charge on any atom is -0.347 e. The molecular formula is C24H30FN5O2. The van der Waals surface area contributed by atoms with E-state index < -0.39 is 5.82 Å². The fourth-order valence-electron chi connectivity index (χ4n) is 5.59.